The van der Waals surface area contributed by atoms with Crippen molar-refractivity contribution in [3.63, 3.8) is 0 Å². The van der Waals surface area contributed by atoms with Gasteiger partial charge in [-0.1, -0.05) is 46.2 Å². The first-order chi connectivity index (χ1) is 33.0. The van der Waals surface area contributed by atoms with Crippen LogP contribution >= 0.6 is 11.8 Å². The molecule has 0 aliphatic carbocycles. The second-order valence-corrected chi connectivity index (χ2v) is 18.6. The predicted molar refractivity (Wildman–Crippen MR) is 253 cm³/mol. The van der Waals surface area contributed by atoms with Crippen molar-refractivity contribution in [1.82, 2.24) is 42.1 Å². The van der Waals surface area contributed by atoms with Crippen molar-refractivity contribution in [3.8, 4) is 5.75 Å². The molecule has 1 aromatic rings. The Balaban J connectivity index is 2.05. The zero-order chi connectivity index (χ0) is 52.3. The normalized spacial score (nSPS) is 24.4. The number of hydrogen-bond acceptors (Lipinski definition) is 13. The van der Waals surface area contributed by atoms with Gasteiger partial charge in [0.25, 0.3) is 0 Å². The van der Waals surface area contributed by atoms with Crippen molar-refractivity contribution < 1.29 is 58.8 Å². The van der Waals surface area contributed by atoms with Crippen molar-refractivity contribution in [3.05, 3.63) is 29.8 Å². The summed E-state index contributed by atoms with van der Waals surface area (Å²) < 4.78 is 14.6. The number of likely N-dealkylation sites (tertiary alicyclic amines) is 1. The summed E-state index contributed by atoms with van der Waals surface area (Å²) in [5.74, 6) is -9.96. The van der Waals surface area contributed by atoms with Crippen LogP contribution in [0.25, 0.3) is 0 Å². The Morgan fingerprint density at radius 2 is 1.49 bits per heavy atom. The molecule has 382 valence electrons. The monoisotopic (exact) mass is 988 g/mol. The average molecular weight is 989 g/mol. The lowest BCUT2D eigenvalue weighted by molar-refractivity contribution is -0.142. The Labute approximate surface area is 407 Å². The van der Waals surface area contributed by atoms with E-state index in [9.17, 15) is 54.1 Å². The van der Waals surface area contributed by atoms with E-state index in [2.05, 4.69) is 37.2 Å². The van der Waals surface area contributed by atoms with Crippen LogP contribution in [0.2, 0.25) is 0 Å². The van der Waals surface area contributed by atoms with Gasteiger partial charge in [-0.2, -0.15) is 11.8 Å². The zero-order valence-electron chi connectivity index (χ0n) is 40.8. The molecule has 8 atom stereocenters. The standard InChI is InChI=1S/C45H69N11O12S/c1-6-25(4)38-44(66)51-28(15-16-34(46)57)40(62)52-31(21-35(47)58)41(63)54-32(23-69-18-8-10-37(60)50-30(42(64)55-38)20-26-11-13-27(68-5)14-12-26)45(67)56-17-7-9-33(56)43(65)53-29(19-24(2)3)39(61)49-22-36(48)59/h11-14,24-25,28-33,38H,6-10,15-23H2,1-5H3,(H2,46,57)(H2,47,58)(H2,48,59)(H,49,61)(H,50,60)(H,51,66)(H,52,62)(H,53,65)(H,54,63)(H,55,64)/t25-,28-,29-,30-,31-,32-,33-,38+/m0/s1/i38D. The van der Waals surface area contributed by atoms with Crippen LogP contribution in [0, 0.1) is 11.8 Å². The Morgan fingerprint density at radius 3 is 2.10 bits per heavy atom. The molecule has 24 heteroatoms. The first-order valence-corrected chi connectivity index (χ1v) is 24.1. The first kappa shape index (κ1) is 55.1. The smallest absolute Gasteiger partial charge is 0.246 e. The van der Waals surface area contributed by atoms with Gasteiger partial charge in [-0.3, -0.25) is 52.7 Å². The fraction of sp³-hybridized carbons (Fsp3) is 0.622. The number of thioether (sulfide) groups is 1. The number of nitrogens with one attached hydrogen (secondary N) is 7. The number of rotatable bonds is 18. The molecule has 0 spiro atoms. The van der Waals surface area contributed by atoms with Gasteiger partial charge in [0.05, 0.1) is 21.4 Å². The lowest BCUT2D eigenvalue weighted by Gasteiger charge is -2.31. The van der Waals surface area contributed by atoms with Crippen LogP contribution in [0.5, 0.6) is 5.75 Å². The maximum atomic E-state index is 14.5. The van der Waals surface area contributed by atoms with Gasteiger partial charge in [0.1, 0.15) is 48.0 Å². The van der Waals surface area contributed by atoms with E-state index in [1.807, 2.05) is 13.8 Å². The SMILES string of the molecule is [2H][C@]1([C@@H](C)CC)NC(=O)[C@H](Cc2ccc(OC)cc2)NC(=O)CCCSC[C@@H](C(=O)N2CCC[C@H]2C(=O)N[C@@H](CC(C)C)C(=O)NCC(N)=O)NC(=O)[C@H](CC(N)=O)NC(=O)[C@H](CCC(N)=O)NC1=O. The largest absolute Gasteiger partial charge is 0.497 e. The molecule has 2 aliphatic rings. The average Bonchev–Trinajstić information content (AvgIpc) is 3.80. The van der Waals surface area contributed by atoms with E-state index in [1.165, 1.54) is 18.9 Å². The van der Waals surface area contributed by atoms with Crippen LogP contribution in [0.1, 0.15) is 92.4 Å². The number of hydrogen-bond donors (Lipinski definition) is 10. The highest BCUT2D eigenvalue weighted by Crippen LogP contribution is 2.22. The van der Waals surface area contributed by atoms with Crippen molar-refractivity contribution in [2.45, 2.75) is 134 Å². The topological polar surface area (TPSA) is 363 Å². The third-order valence-electron chi connectivity index (χ3n) is 11.4. The summed E-state index contributed by atoms with van der Waals surface area (Å²) in [7, 11) is 1.48. The van der Waals surface area contributed by atoms with Gasteiger partial charge in [0.15, 0.2) is 0 Å². The van der Waals surface area contributed by atoms with E-state index in [0.717, 1.165) is 11.8 Å². The molecule has 1 aromatic carbocycles. The molecule has 2 aliphatic heterocycles. The second kappa shape index (κ2) is 28.1. The molecule has 0 aromatic heterocycles. The predicted octanol–water partition coefficient (Wildman–Crippen LogP) is -2.50. The number of nitrogens with zero attached hydrogens (tertiary/aromatic N) is 1. The maximum absolute atomic E-state index is 14.5. The van der Waals surface area contributed by atoms with Gasteiger partial charge in [-0.05, 0) is 67.4 Å². The summed E-state index contributed by atoms with van der Waals surface area (Å²) >= 11 is 1.16. The minimum Gasteiger partial charge on any atom is -0.497 e. The summed E-state index contributed by atoms with van der Waals surface area (Å²) in [6, 6.07) is -4.18. The molecule has 13 N–H and O–H groups in total. The summed E-state index contributed by atoms with van der Waals surface area (Å²) in [5.41, 5.74) is 16.7. The van der Waals surface area contributed by atoms with Gasteiger partial charge in [-0.15, -0.1) is 0 Å². The molecule has 69 heavy (non-hydrogen) atoms. The highest BCUT2D eigenvalue weighted by atomic mass is 32.2. The van der Waals surface area contributed by atoms with Crippen LogP contribution in [-0.2, 0) is 59.2 Å². The number of methoxy groups -OCH3 is 1. The van der Waals surface area contributed by atoms with E-state index in [0.29, 0.717) is 17.7 Å². The fourth-order valence-corrected chi connectivity index (χ4v) is 8.51. The van der Waals surface area contributed by atoms with Crippen LogP contribution in [0.15, 0.2) is 24.3 Å². The molecule has 0 radical (unpaired) electrons. The van der Waals surface area contributed by atoms with Gasteiger partial charge < -0.3 is 64.1 Å². The molecule has 0 saturated carbocycles. The zero-order valence-corrected chi connectivity index (χ0v) is 40.6. The molecule has 2 saturated heterocycles. The van der Waals surface area contributed by atoms with Crippen LogP contribution in [-0.4, -0.2) is 144 Å². The van der Waals surface area contributed by atoms with E-state index in [4.69, 9.17) is 21.9 Å². The number of carbonyl (C=O) groups is 11. The second-order valence-electron chi connectivity index (χ2n) is 17.5. The van der Waals surface area contributed by atoms with Crippen molar-refractivity contribution >= 4 is 76.7 Å². The van der Waals surface area contributed by atoms with Crippen LogP contribution in [0.4, 0.5) is 0 Å². The molecule has 2 heterocycles. The van der Waals surface area contributed by atoms with Gasteiger partial charge >= 0.3 is 0 Å². The van der Waals surface area contributed by atoms with Gasteiger partial charge in [0.2, 0.25) is 65.0 Å². The Bertz CT molecular complexity index is 2080. The minimum absolute atomic E-state index is 0.0684. The number of ether oxygens (including phenoxy) is 1. The Morgan fingerprint density at radius 1 is 0.841 bits per heavy atom. The lowest BCUT2D eigenvalue weighted by atomic mass is 9.96. The number of carbonyl (C=O) groups excluding carboxylic acids is 11. The van der Waals surface area contributed by atoms with Gasteiger partial charge in [0, 0.05) is 31.6 Å². The fourth-order valence-electron chi connectivity index (χ4n) is 7.53. The summed E-state index contributed by atoms with van der Waals surface area (Å²) in [6.07, 6.45) is -0.820. The van der Waals surface area contributed by atoms with Crippen LogP contribution < -0.4 is 59.2 Å². The van der Waals surface area contributed by atoms with E-state index in [1.54, 1.807) is 31.2 Å². The third-order valence-corrected chi connectivity index (χ3v) is 12.6. The summed E-state index contributed by atoms with van der Waals surface area (Å²) in [6.45, 7) is 6.42. The number of amides is 11. The molecular formula is C45H69N11O12S. The van der Waals surface area contributed by atoms with E-state index >= 15 is 0 Å². The molecular weight excluding hydrogens is 919 g/mol. The van der Waals surface area contributed by atoms with Crippen LogP contribution in [0.3, 0.4) is 0 Å². The Hall–Kier alpha value is -6.46. The summed E-state index contributed by atoms with van der Waals surface area (Å²) in [5, 5.41) is 17.6. The van der Waals surface area contributed by atoms with Gasteiger partial charge in [-0.25, -0.2) is 0 Å². The summed E-state index contributed by atoms with van der Waals surface area (Å²) in [4.78, 5) is 148. The number of benzene rings is 1. The number of primary amides is 3. The molecule has 23 nitrogen and oxygen atoms in total. The highest BCUT2D eigenvalue weighted by molar-refractivity contribution is 7.99. The molecule has 0 bridgehead atoms. The molecule has 11 amide bonds. The quantitative estimate of drug-likeness (QED) is 0.0728. The van der Waals surface area contributed by atoms with Crippen molar-refractivity contribution in [2.24, 2.45) is 29.0 Å². The Kier molecular flexibility index (Phi) is 22.5. The van der Waals surface area contributed by atoms with E-state index in [-0.39, 0.29) is 62.5 Å². The lowest BCUT2D eigenvalue weighted by Crippen LogP contribution is -2.61. The van der Waals surface area contributed by atoms with Crippen molar-refractivity contribution in [1.29, 1.82) is 0 Å². The molecule has 2 fully saturated rings. The number of nitrogens with two attached hydrogens (primary N) is 3. The maximum Gasteiger partial charge on any atom is 0.246 e. The van der Waals surface area contributed by atoms with E-state index < -0.39 is 139 Å². The van der Waals surface area contributed by atoms with Crippen molar-refractivity contribution in [2.75, 3.05) is 31.7 Å². The highest BCUT2D eigenvalue weighted by Gasteiger charge is 2.40. The minimum atomic E-state index is -2.48. The molecule has 3 rings (SSSR count). The molecule has 0 unspecified atom stereocenters. The first-order valence-electron chi connectivity index (χ1n) is 23.5. The third kappa shape index (κ3) is 18.9.